The zero-order chi connectivity index (χ0) is 17.4. The maximum absolute atomic E-state index is 12.9. The first-order chi connectivity index (χ1) is 12.2. The van der Waals surface area contributed by atoms with E-state index in [4.69, 9.17) is 6.42 Å². The highest BCUT2D eigenvalue weighted by molar-refractivity contribution is 6.12. The highest BCUT2D eigenvalue weighted by atomic mass is 16.1. The molecule has 0 saturated carbocycles. The molecule has 1 nitrogen and oxygen atoms in total. The van der Waals surface area contributed by atoms with Gasteiger partial charge in [0.25, 0.3) is 0 Å². The summed E-state index contributed by atoms with van der Waals surface area (Å²) in [4.78, 5) is 12.9. The van der Waals surface area contributed by atoms with Crippen LogP contribution in [0.3, 0.4) is 0 Å². The maximum atomic E-state index is 12.9. The van der Waals surface area contributed by atoms with E-state index >= 15 is 0 Å². The van der Waals surface area contributed by atoms with Crippen LogP contribution in [0.5, 0.6) is 0 Å². The van der Waals surface area contributed by atoms with E-state index in [1.165, 1.54) is 5.56 Å². The Labute approximate surface area is 148 Å². The number of terminal acetylenes is 1. The molecule has 1 heteroatoms. The summed E-state index contributed by atoms with van der Waals surface area (Å²) in [6.07, 6.45) is 6.00. The van der Waals surface area contributed by atoms with Gasteiger partial charge >= 0.3 is 0 Å². The van der Waals surface area contributed by atoms with Crippen LogP contribution in [0.1, 0.15) is 50.0 Å². The fraction of sp³-hybridized carbons (Fsp3) is 0.125. The average Bonchev–Trinajstić information content (AvgIpc) is 2.65. The van der Waals surface area contributed by atoms with Gasteiger partial charge in [-0.15, -0.1) is 6.42 Å². The Morgan fingerprint density at radius 3 is 2.04 bits per heavy atom. The Morgan fingerprint density at radius 1 is 0.880 bits per heavy atom. The van der Waals surface area contributed by atoms with Crippen LogP contribution in [-0.2, 0) is 0 Å². The Kier molecular flexibility index (Phi) is 3.75. The maximum Gasteiger partial charge on any atom is 0.193 e. The molecule has 0 spiro atoms. The lowest BCUT2D eigenvalue weighted by Crippen LogP contribution is -2.23. The third-order valence-corrected chi connectivity index (χ3v) is 5.00. The van der Waals surface area contributed by atoms with Crippen molar-refractivity contribution in [1.82, 2.24) is 0 Å². The summed E-state index contributed by atoms with van der Waals surface area (Å²) in [5.41, 5.74) is 5.88. The number of hydrogen-bond donors (Lipinski definition) is 0. The summed E-state index contributed by atoms with van der Waals surface area (Å²) in [6, 6.07) is 24.0. The van der Waals surface area contributed by atoms with Gasteiger partial charge in [0, 0.05) is 17.0 Å². The van der Waals surface area contributed by atoms with Gasteiger partial charge in [0.2, 0.25) is 0 Å². The number of aryl methyl sites for hydroxylation is 1. The number of carbonyl (C=O) groups is 1. The van der Waals surface area contributed by atoms with Crippen molar-refractivity contribution in [3.63, 3.8) is 0 Å². The molecule has 0 N–H and O–H groups in total. The third kappa shape index (κ3) is 2.47. The minimum Gasteiger partial charge on any atom is -0.289 e. The molecule has 120 valence electrons. The second kappa shape index (κ2) is 6.07. The zero-order valence-electron chi connectivity index (χ0n) is 14.1. The molecule has 1 atom stereocenters. The van der Waals surface area contributed by atoms with Crippen molar-refractivity contribution in [1.29, 1.82) is 0 Å². The minimum absolute atomic E-state index is 0.0168. The highest BCUT2D eigenvalue weighted by Gasteiger charge is 2.35. The summed E-state index contributed by atoms with van der Waals surface area (Å²) >= 11 is 0. The zero-order valence-corrected chi connectivity index (χ0v) is 14.1. The smallest absolute Gasteiger partial charge is 0.193 e. The van der Waals surface area contributed by atoms with Crippen molar-refractivity contribution < 1.29 is 4.79 Å². The van der Waals surface area contributed by atoms with Crippen molar-refractivity contribution in [3.05, 3.63) is 106 Å². The van der Waals surface area contributed by atoms with Crippen molar-refractivity contribution in [2.75, 3.05) is 0 Å². The van der Waals surface area contributed by atoms with Gasteiger partial charge in [0.05, 0.1) is 5.92 Å². The minimum atomic E-state index is -0.115. The lowest BCUT2D eigenvalue weighted by molar-refractivity contribution is 0.103. The molecule has 25 heavy (non-hydrogen) atoms. The highest BCUT2D eigenvalue weighted by Crippen LogP contribution is 2.44. The standard InChI is InChI=1S/C24H18O/c1-3-18(17-10-8-9-16(2)15-17)23-19-11-4-6-13-21(19)24(25)22-14-7-5-12-20(22)23/h1,4-15,18,23H,2H3. The third-order valence-electron chi connectivity index (χ3n) is 5.00. The Morgan fingerprint density at radius 2 is 1.48 bits per heavy atom. The fourth-order valence-corrected chi connectivity index (χ4v) is 3.87. The molecule has 0 bridgehead atoms. The van der Waals surface area contributed by atoms with Crippen LogP contribution < -0.4 is 0 Å². The van der Waals surface area contributed by atoms with E-state index in [2.05, 4.69) is 31.0 Å². The lowest BCUT2D eigenvalue weighted by atomic mass is 9.70. The van der Waals surface area contributed by atoms with Gasteiger partial charge in [-0.25, -0.2) is 0 Å². The summed E-state index contributed by atoms with van der Waals surface area (Å²) in [5, 5.41) is 0. The summed E-state index contributed by atoms with van der Waals surface area (Å²) in [5.74, 6) is 2.95. The van der Waals surface area contributed by atoms with E-state index < -0.39 is 0 Å². The van der Waals surface area contributed by atoms with E-state index in [9.17, 15) is 4.79 Å². The lowest BCUT2D eigenvalue weighted by Gasteiger charge is -2.31. The van der Waals surface area contributed by atoms with E-state index in [0.29, 0.717) is 0 Å². The van der Waals surface area contributed by atoms with Gasteiger partial charge in [0.1, 0.15) is 0 Å². The summed E-state index contributed by atoms with van der Waals surface area (Å²) < 4.78 is 0. The SMILES string of the molecule is C#CC(c1cccc(C)c1)C1c2ccccc2C(=O)c2ccccc21. The predicted octanol–water partition coefficient (Wildman–Crippen LogP) is 5.09. The quantitative estimate of drug-likeness (QED) is 0.601. The molecule has 1 unspecified atom stereocenters. The molecule has 0 radical (unpaired) electrons. The molecular weight excluding hydrogens is 304 g/mol. The van der Waals surface area contributed by atoms with Crippen LogP contribution in [0, 0.1) is 19.3 Å². The molecule has 0 saturated heterocycles. The molecule has 3 aromatic carbocycles. The Balaban J connectivity index is 1.97. The molecule has 4 rings (SSSR count). The number of hydrogen-bond acceptors (Lipinski definition) is 1. The van der Waals surface area contributed by atoms with Gasteiger partial charge in [-0.3, -0.25) is 4.79 Å². The van der Waals surface area contributed by atoms with Crippen LogP contribution in [0.2, 0.25) is 0 Å². The molecule has 0 amide bonds. The molecule has 1 aliphatic carbocycles. The first kappa shape index (κ1) is 15.4. The van der Waals surface area contributed by atoms with Crippen molar-refractivity contribution >= 4 is 5.78 Å². The molecule has 0 aliphatic heterocycles. The second-order valence-corrected chi connectivity index (χ2v) is 6.54. The summed E-state index contributed by atoms with van der Waals surface area (Å²) in [6.45, 7) is 2.07. The van der Waals surface area contributed by atoms with Gasteiger partial charge in [0.15, 0.2) is 5.78 Å². The number of ketones is 1. The topological polar surface area (TPSA) is 17.1 Å². The Bertz CT molecular complexity index is 957. The fourth-order valence-electron chi connectivity index (χ4n) is 3.87. The predicted molar refractivity (Wildman–Crippen MR) is 101 cm³/mol. The molecule has 0 fully saturated rings. The van der Waals surface area contributed by atoms with Crippen molar-refractivity contribution in [3.8, 4) is 12.3 Å². The number of carbonyl (C=O) groups excluding carboxylic acids is 1. The van der Waals surface area contributed by atoms with Gasteiger partial charge in [-0.05, 0) is 23.6 Å². The van der Waals surface area contributed by atoms with Crippen LogP contribution in [0.25, 0.3) is 0 Å². The molecular formula is C24H18O. The largest absolute Gasteiger partial charge is 0.289 e. The van der Waals surface area contributed by atoms with Crippen molar-refractivity contribution in [2.24, 2.45) is 0 Å². The molecule has 1 aliphatic rings. The van der Waals surface area contributed by atoms with E-state index in [-0.39, 0.29) is 17.6 Å². The average molecular weight is 322 g/mol. The number of benzene rings is 3. The van der Waals surface area contributed by atoms with Crippen molar-refractivity contribution in [2.45, 2.75) is 18.8 Å². The number of fused-ring (bicyclic) bond motifs is 2. The van der Waals surface area contributed by atoms with E-state index in [1.54, 1.807) is 0 Å². The molecule has 0 aromatic heterocycles. The second-order valence-electron chi connectivity index (χ2n) is 6.54. The normalized spacial score (nSPS) is 14.3. The monoisotopic (exact) mass is 322 g/mol. The molecule has 3 aromatic rings. The summed E-state index contributed by atoms with van der Waals surface area (Å²) in [7, 11) is 0. The van der Waals surface area contributed by atoms with Crippen LogP contribution >= 0.6 is 0 Å². The first-order valence-corrected chi connectivity index (χ1v) is 8.46. The number of rotatable bonds is 2. The molecule has 0 heterocycles. The van der Waals surface area contributed by atoms with Crippen LogP contribution in [0.15, 0.2) is 72.8 Å². The first-order valence-electron chi connectivity index (χ1n) is 8.46. The van der Waals surface area contributed by atoms with Crippen LogP contribution in [0.4, 0.5) is 0 Å². The van der Waals surface area contributed by atoms with Gasteiger partial charge in [-0.2, -0.15) is 0 Å². The Hall–Kier alpha value is -3.11. The van der Waals surface area contributed by atoms with E-state index in [1.807, 2.05) is 54.6 Å². The van der Waals surface area contributed by atoms with Gasteiger partial charge in [-0.1, -0.05) is 84.3 Å². The van der Waals surface area contributed by atoms with Gasteiger partial charge < -0.3 is 0 Å². The van der Waals surface area contributed by atoms with Crippen LogP contribution in [-0.4, -0.2) is 5.78 Å². The van der Waals surface area contributed by atoms with E-state index in [0.717, 1.165) is 27.8 Å².